The number of halogens is 1. The zero-order valence-electron chi connectivity index (χ0n) is 11.7. The van der Waals surface area contributed by atoms with Crippen molar-refractivity contribution in [1.82, 2.24) is 4.98 Å². The van der Waals surface area contributed by atoms with Crippen molar-refractivity contribution in [3.8, 4) is 0 Å². The maximum absolute atomic E-state index is 11.6. The van der Waals surface area contributed by atoms with Gasteiger partial charge in [0.2, 0.25) is 0 Å². The van der Waals surface area contributed by atoms with E-state index < -0.39 is 0 Å². The molecule has 0 saturated heterocycles. The highest BCUT2D eigenvalue weighted by Crippen LogP contribution is 2.23. The first-order valence-corrected chi connectivity index (χ1v) is 6.81. The molecule has 1 heterocycles. The third kappa shape index (κ3) is 3.17. The van der Waals surface area contributed by atoms with Gasteiger partial charge in [0.15, 0.2) is 0 Å². The molecule has 3 nitrogen and oxygen atoms in total. The van der Waals surface area contributed by atoms with Gasteiger partial charge >= 0.3 is 5.97 Å². The molecular weight excluding hydrogens is 274 g/mol. The third-order valence-corrected chi connectivity index (χ3v) is 3.23. The van der Waals surface area contributed by atoms with Crippen molar-refractivity contribution in [3.63, 3.8) is 0 Å². The highest BCUT2D eigenvalue weighted by atomic mass is 35.5. The van der Waals surface area contributed by atoms with Gasteiger partial charge in [0.1, 0.15) is 5.15 Å². The Morgan fingerprint density at radius 2 is 2.15 bits per heavy atom. The Bertz CT molecular complexity index is 692. The van der Waals surface area contributed by atoms with Crippen LogP contribution in [0, 0.1) is 6.92 Å². The Hall–Kier alpha value is -1.87. The molecule has 0 N–H and O–H groups in total. The van der Waals surface area contributed by atoms with Crippen molar-refractivity contribution >= 4 is 34.5 Å². The first kappa shape index (κ1) is 14.5. The SMILES string of the molecule is CCOC(=O)/C(C)=C/c1cc2ccc(C)cc2nc1Cl. The number of fused-ring (bicyclic) bond motifs is 1. The predicted octanol–water partition coefficient (Wildman–Crippen LogP) is 4.16. The van der Waals surface area contributed by atoms with Crippen LogP contribution in [-0.2, 0) is 9.53 Å². The van der Waals surface area contributed by atoms with Crippen LogP contribution in [0.1, 0.15) is 25.0 Å². The topological polar surface area (TPSA) is 39.2 Å². The van der Waals surface area contributed by atoms with Gasteiger partial charge in [-0.25, -0.2) is 9.78 Å². The first-order valence-electron chi connectivity index (χ1n) is 6.43. The van der Waals surface area contributed by atoms with Crippen molar-refractivity contribution in [2.75, 3.05) is 6.61 Å². The lowest BCUT2D eigenvalue weighted by molar-refractivity contribution is -0.138. The van der Waals surface area contributed by atoms with E-state index in [1.54, 1.807) is 19.9 Å². The van der Waals surface area contributed by atoms with E-state index in [0.717, 1.165) is 16.5 Å². The van der Waals surface area contributed by atoms with Crippen LogP contribution in [0.2, 0.25) is 5.15 Å². The standard InChI is InChI=1S/C16H16ClNO2/c1-4-20-16(19)11(3)8-13-9-12-6-5-10(2)7-14(12)18-15(13)17/h5-9H,4H2,1-3H3/b11-8+. The molecule has 1 aromatic heterocycles. The fraction of sp³-hybridized carbons (Fsp3) is 0.250. The van der Waals surface area contributed by atoms with Gasteiger partial charge in [-0.3, -0.25) is 0 Å². The summed E-state index contributed by atoms with van der Waals surface area (Å²) in [6.07, 6.45) is 1.70. The van der Waals surface area contributed by atoms with Gasteiger partial charge in [0.05, 0.1) is 12.1 Å². The summed E-state index contributed by atoms with van der Waals surface area (Å²) in [4.78, 5) is 16.0. The van der Waals surface area contributed by atoms with Crippen LogP contribution < -0.4 is 0 Å². The predicted molar refractivity (Wildman–Crippen MR) is 81.8 cm³/mol. The van der Waals surface area contributed by atoms with Crippen LogP contribution >= 0.6 is 11.6 Å². The van der Waals surface area contributed by atoms with E-state index >= 15 is 0 Å². The van der Waals surface area contributed by atoms with Gasteiger partial charge in [-0.15, -0.1) is 0 Å². The summed E-state index contributed by atoms with van der Waals surface area (Å²) in [7, 11) is 0. The minimum absolute atomic E-state index is 0.340. The molecule has 0 spiro atoms. The molecule has 2 rings (SSSR count). The molecule has 1 aromatic carbocycles. The molecular formula is C16H16ClNO2. The second-order valence-electron chi connectivity index (χ2n) is 4.61. The zero-order chi connectivity index (χ0) is 14.7. The molecule has 0 aliphatic rings. The summed E-state index contributed by atoms with van der Waals surface area (Å²) in [6, 6.07) is 7.91. The number of hydrogen-bond acceptors (Lipinski definition) is 3. The molecule has 0 aliphatic carbocycles. The fourth-order valence-corrected chi connectivity index (χ4v) is 2.11. The molecule has 0 bridgehead atoms. The minimum Gasteiger partial charge on any atom is -0.463 e. The van der Waals surface area contributed by atoms with Gasteiger partial charge in [-0.05, 0) is 44.5 Å². The third-order valence-electron chi connectivity index (χ3n) is 2.92. The van der Waals surface area contributed by atoms with Crippen molar-refractivity contribution in [2.45, 2.75) is 20.8 Å². The van der Waals surface area contributed by atoms with Crippen LogP contribution in [0.5, 0.6) is 0 Å². The summed E-state index contributed by atoms with van der Waals surface area (Å²) < 4.78 is 4.95. The van der Waals surface area contributed by atoms with E-state index in [9.17, 15) is 4.79 Å². The van der Waals surface area contributed by atoms with Crippen LogP contribution in [0.15, 0.2) is 29.8 Å². The minimum atomic E-state index is -0.340. The number of aryl methyl sites for hydroxylation is 1. The number of hydrogen-bond donors (Lipinski definition) is 0. The lowest BCUT2D eigenvalue weighted by Gasteiger charge is -2.05. The number of rotatable bonds is 3. The molecule has 2 aromatic rings. The molecule has 0 saturated carbocycles. The maximum atomic E-state index is 11.6. The number of benzene rings is 1. The summed E-state index contributed by atoms with van der Waals surface area (Å²) in [6.45, 7) is 5.84. The lowest BCUT2D eigenvalue weighted by Crippen LogP contribution is -2.04. The number of esters is 1. The molecule has 0 amide bonds. The molecule has 0 aliphatic heterocycles. The number of carbonyl (C=O) groups excluding carboxylic acids is 1. The summed E-state index contributed by atoms with van der Waals surface area (Å²) >= 11 is 6.17. The Kier molecular flexibility index (Phi) is 4.40. The number of nitrogens with zero attached hydrogens (tertiary/aromatic N) is 1. The van der Waals surface area contributed by atoms with E-state index in [4.69, 9.17) is 16.3 Å². The summed E-state index contributed by atoms with van der Waals surface area (Å²) in [5.74, 6) is -0.340. The van der Waals surface area contributed by atoms with E-state index in [1.807, 2.05) is 31.2 Å². The van der Waals surface area contributed by atoms with Gasteiger partial charge in [0.25, 0.3) is 0 Å². The highest BCUT2D eigenvalue weighted by Gasteiger charge is 2.08. The average Bonchev–Trinajstić information content (AvgIpc) is 2.40. The van der Waals surface area contributed by atoms with E-state index in [1.165, 1.54) is 0 Å². The molecule has 4 heteroatoms. The van der Waals surface area contributed by atoms with Crippen molar-refractivity contribution < 1.29 is 9.53 Å². The van der Waals surface area contributed by atoms with Gasteiger partial charge in [0, 0.05) is 16.5 Å². The normalized spacial score (nSPS) is 11.7. The van der Waals surface area contributed by atoms with E-state index in [0.29, 0.717) is 22.9 Å². The molecule has 0 radical (unpaired) electrons. The van der Waals surface area contributed by atoms with Crippen LogP contribution in [0.4, 0.5) is 0 Å². The Morgan fingerprint density at radius 1 is 1.40 bits per heavy atom. The molecule has 104 valence electrons. The van der Waals surface area contributed by atoms with Crippen molar-refractivity contribution in [1.29, 1.82) is 0 Å². The summed E-state index contributed by atoms with van der Waals surface area (Å²) in [5, 5.41) is 1.37. The highest BCUT2D eigenvalue weighted by molar-refractivity contribution is 6.31. The fourth-order valence-electron chi connectivity index (χ4n) is 1.91. The second kappa shape index (κ2) is 6.06. The van der Waals surface area contributed by atoms with Crippen molar-refractivity contribution in [3.05, 3.63) is 46.1 Å². The Balaban J connectivity index is 2.44. The van der Waals surface area contributed by atoms with E-state index in [-0.39, 0.29) is 5.97 Å². The van der Waals surface area contributed by atoms with Gasteiger partial charge in [-0.1, -0.05) is 23.7 Å². The van der Waals surface area contributed by atoms with Crippen molar-refractivity contribution in [2.24, 2.45) is 0 Å². The molecule has 0 atom stereocenters. The second-order valence-corrected chi connectivity index (χ2v) is 4.97. The summed E-state index contributed by atoms with van der Waals surface area (Å²) in [5.41, 5.74) is 3.20. The number of carbonyl (C=O) groups is 1. The monoisotopic (exact) mass is 289 g/mol. The van der Waals surface area contributed by atoms with Gasteiger partial charge in [-0.2, -0.15) is 0 Å². The zero-order valence-corrected chi connectivity index (χ0v) is 12.5. The average molecular weight is 290 g/mol. The lowest BCUT2D eigenvalue weighted by atomic mass is 10.1. The molecule has 0 unspecified atom stereocenters. The number of ether oxygens (including phenoxy) is 1. The Morgan fingerprint density at radius 3 is 2.85 bits per heavy atom. The smallest absolute Gasteiger partial charge is 0.333 e. The van der Waals surface area contributed by atoms with E-state index in [2.05, 4.69) is 4.98 Å². The maximum Gasteiger partial charge on any atom is 0.333 e. The first-order chi connectivity index (χ1) is 9.51. The number of pyridine rings is 1. The van der Waals surface area contributed by atoms with Crippen LogP contribution in [0.3, 0.4) is 0 Å². The van der Waals surface area contributed by atoms with Crippen LogP contribution in [-0.4, -0.2) is 17.6 Å². The quantitative estimate of drug-likeness (QED) is 0.484. The Labute approximate surface area is 123 Å². The largest absolute Gasteiger partial charge is 0.463 e. The molecule has 0 fully saturated rings. The van der Waals surface area contributed by atoms with Crippen LogP contribution in [0.25, 0.3) is 17.0 Å². The molecule has 20 heavy (non-hydrogen) atoms. The number of aromatic nitrogens is 1. The van der Waals surface area contributed by atoms with Gasteiger partial charge < -0.3 is 4.74 Å².